The Balaban J connectivity index is 1.52. The van der Waals surface area contributed by atoms with Crippen LogP contribution in [0.15, 0.2) is 46.9 Å². The van der Waals surface area contributed by atoms with Crippen LogP contribution in [0.1, 0.15) is 24.0 Å². The van der Waals surface area contributed by atoms with Gasteiger partial charge in [0.15, 0.2) is 0 Å². The van der Waals surface area contributed by atoms with Crippen LogP contribution in [0.5, 0.6) is 0 Å². The van der Waals surface area contributed by atoms with Gasteiger partial charge in [0, 0.05) is 17.6 Å². The Hall–Kier alpha value is -1.90. The summed E-state index contributed by atoms with van der Waals surface area (Å²) in [5, 5.41) is 8.94. The number of benzene rings is 2. The van der Waals surface area contributed by atoms with Crippen LogP contribution in [0.25, 0.3) is 0 Å². The van der Waals surface area contributed by atoms with E-state index in [9.17, 15) is 4.39 Å². The minimum atomic E-state index is -0.222. The van der Waals surface area contributed by atoms with Gasteiger partial charge in [-0.25, -0.2) is 4.39 Å². The minimum absolute atomic E-state index is 0.222. The monoisotopic (exact) mass is 388 g/mol. The first-order valence-corrected chi connectivity index (χ1v) is 8.75. The number of hydrogen-bond acceptors (Lipinski definition) is 3. The zero-order valence-corrected chi connectivity index (χ0v) is 14.8. The number of anilines is 1. The molecule has 24 heavy (non-hydrogen) atoms. The van der Waals surface area contributed by atoms with E-state index in [1.807, 2.05) is 18.2 Å². The molecule has 2 aromatic carbocycles. The molecule has 0 amide bonds. The van der Waals surface area contributed by atoms with Crippen molar-refractivity contribution in [3.63, 3.8) is 0 Å². The van der Waals surface area contributed by atoms with Gasteiger partial charge in [0.05, 0.1) is 30.0 Å². The Morgan fingerprint density at radius 3 is 2.50 bits per heavy atom. The highest BCUT2D eigenvalue weighted by Crippen LogP contribution is 2.30. The van der Waals surface area contributed by atoms with Crippen LogP contribution in [0.3, 0.4) is 0 Å². The van der Waals surface area contributed by atoms with Gasteiger partial charge >= 0.3 is 0 Å². The predicted molar refractivity (Wildman–Crippen MR) is 95.3 cm³/mol. The van der Waals surface area contributed by atoms with E-state index in [0.29, 0.717) is 12.2 Å². The van der Waals surface area contributed by atoms with Crippen molar-refractivity contribution >= 4 is 21.6 Å². The first-order valence-electron chi connectivity index (χ1n) is 7.96. The molecule has 0 N–H and O–H groups in total. The minimum Gasteiger partial charge on any atom is -0.373 e. The summed E-state index contributed by atoms with van der Waals surface area (Å²) in [5.74, 6) is -0.222. The molecule has 124 valence electrons. The first-order chi connectivity index (χ1) is 11.7. The van der Waals surface area contributed by atoms with Gasteiger partial charge in [-0.2, -0.15) is 5.26 Å². The molecule has 1 saturated heterocycles. The van der Waals surface area contributed by atoms with Gasteiger partial charge in [-0.15, -0.1) is 0 Å². The van der Waals surface area contributed by atoms with Crippen LogP contribution in [0, 0.1) is 17.1 Å². The lowest BCUT2D eigenvalue weighted by Gasteiger charge is -2.34. The Morgan fingerprint density at radius 1 is 1.17 bits per heavy atom. The molecule has 0 bridgehead atoms. The summed E-state index contributed by atoms with van der Waals surface area (Å²) in [4.78, 5) is 2.31. The van der Waals surface area contributed by atoms with E-state index in [0.717, 1.165) is 41.7 Å². The topological polar surface area (TPSA) is 36.3 Å². The summed E-state index contributed by atoms with van der Waals surface area (Å²) in [6.45, 7) is 2.35. The molecule has 2 aromatic rings. The molecule has 0 radical (unpaired) electrons. The number of halogens is 2. The average Bonchev–Trinajstić information content (AvgIpc) is 2.62. The summed E-state index contributed by atoms with van der Waals surface area (Å²) in [7, 11) is 0. The van der Waals surface area contributed by atoms with Crippen molar-refractivity contribution in [3.05, 3.63) is 63.9 Å². The SMILES string of the molecule is N#Cc1ccc(N2CCC(OCc3ccc(F)cc3)CC2)c(Br)c1. The average molecular weight is 389 g/mol. The quantitative estimate of drug-likeness (QED) is 0.764. The highest BCUT2D eigenvalue weighted by Gasteiger charge is 2.21. The molecule has 1 aliphatic heterocycles. The summed E-state index contributed by atoms with van der Waals surface area (Å²) in [5.41, 5.74) is 2.77. The van der Waals surface area contributed by atoms with Crippen molar-refractivity contribution in [2.24, 2.45) is 0 Å². The predicted octanol–water partition coefficient (Wildman–Crippen LogP) is 4.65. The zero-order chi connectivity index (χ0) is 16.9. The van der Waals surface area contributed by atoms with E-state index >= 15 is 0 Å². The number of piperidine rings is 1. The van der Waals surface area contributed by atoms with Crippen molar-refractivity contribution in [3.8, 4) is 6.07 Å². The summed E-state index contributed by atoms with van der Waals surface area (Å²) in [6.07, 6.45) is 2.13. The number of ether oxygens (including phenoxy) is 1. The van der Waals surface area contributed by atoms with Crippen molar-refractivity contribution < 1.29 is 9.13 Å². The van der Waals surface area contributed by atoms with Gasteiger partial charge in [0.1, 0.15) is 5.82 Å². The lowest BCUT2D eigenvalue weighted by atomic mass is 10.1. The number of nitriles is 1. The van der Waals surface area contributed by atoms with Crippen molar-refractivity contribution in [1.82, 2.24) is 0 Å². The fraction of sp³-hybridized carbons (Fsp3) is 0.316. The van der Waals surface area contributed by atoms with E-state index in [1.165, 1.54) is 12.1 Å². The highest BCUT2D eigenvalue weighted by molar-refractivity contribution is 9.10. The molecular formula is C19H18BrFN2O. The molecular weight excluding hydrogens is 371 g/mol. The molecule has 1 heterocycles. The van der Waals surface area contributed by atoms with E-state index in [2.05, 4.69) is 26.9 Å². The van der Waals surface area contributed by atoms with Gasteiger partial charge in [0.25, 0.3) is 0 Å². The largest absolute Gasteiger partial charge is 0.373 e. The van der Waals surface area contributed by atoms with Crippen LogP contribution in [-0.2, 0) is 11.3 Å². The molecule has 3 rings (SSSR count). The summed E-state index contributed by atoms with van der Waals surface area (Å²) < 4.78 is 19.8. The van der Waals surface area contributed by atoms with Gasteiger partial charge in [-0.3, -0.25) is 0 Å². The van der Waals surface area contributed by atoms with Crippen molar-refractivity contribution in [2.45, 2.75) is 25.6 Å². The van der Waals surface area contributed by atoms with Gasteiger partial charge in [-0.05, 0) is 64.7 Å². The molecule has 3 nitrogen and oxygen atoms in total. The third-order valence-electron chi connectivity index (χ3n) is 4.26. The molecule has 0 unspecified atom stereocenters. The molecule has 0 atom stereocenters. The zero-order valence-electron chi connectivity index (χ0n) is 13.2. The first kappa shape index (κ1) is 16.9. The standard InChI is InChI=1S/C19H18BrFN2O/c20-18-11-15(12-22)3-6-19(18)23-9-7-17(8-10-23)24-13-14-1-4-16(21)5-2-14/h1-6,11,17H,7-10,13H2. The van der Waals surface area contributed by atoms with E-state index in [1.54, 1.807) is 12.1 Å². The molecule has 1 aliphatic rings. The van der Waals surface area contributed by atoms with Crippen LogP contribution >= 0.6 is 15.9 Å². The summed E-state index contributed by atoms with van der Waals surface area (Å²) in [6, 6.07) is 14.3. The maximum absolute atomic E-state index is 12.9. The Bertz CT molecular complexity index is 734. The molecule has 0 spiro atoms. The van der Waals surface area contributed by atoms with E-state index < -0.39 is 0 Å². The number of nitrogens with zero attached hydrogens (tertiary/aromatic N) is 2. The van der Waals surface area contributed by atoms with Gasteiger partial charge in [-0.1, -0.05) is 12.1 Å². The Kier molecular flexibility index (Phi) is 5.49. The smallest absolute Gasteiger partial charge is 0.123 e. The van der Waals surface area contributed by atoms with E-state index in [4.69, 9.17) is 10.00 Å². The second-order valence-electron chi connectivity index (χ2n) is 5.90. The third-order valence-corrected chi connectivity index (χ3v) is 4.89. The van der Waals surface area contributed by atoms with Crippen LogP contribution in [0.4, 0.5) is 10.1 Å². The molecule has 5 heteroatoms. The van der Waals surface area contributed by atoms with Crippen molar-refractivity contribution in [1.29, 1.82) is 5.26 Å². The van der Waals surface area contributed by atoms with Crippen molar-refractivity contribution in [2.75, 3.05) is 18.0 Å². The fourth-order valence-electron chi connectivity index (χ4n) is 2.89. The Labute approximate surface area is 149 Å². The normalized spacial score (nSPS) is 15.3. The van der Waals surface area contributed by atoms with E-state index in [-0.39, 0.29) is 11.9 Å². The third kappa shape index (κ3) is 4.14. The second kappa shape index (κ2) is 7.78. The number of rotatable bonds is 4. The maximum atomic E-state index is 12.9. The lowest BCUT2D eigenvalue weighted by Crippen LogP contribution is -2.37. The summed E-state index contributed by atoms with van der Waals surface area (Å²) >= 11 is 3.55. The molecule has 0 aliphatic carbocycles. The molecule has 1 fully saturated rings. The molecule has 0 aromatic heterocycles. The lowest BCUT2D eigenvalue weighted by molar-refractivity contribution is 0.0251. The maximum Gasteiger partial charge on any atom is 0.123 e. The van der Waals surface area contributed by atoms with Gasteiger partial charge < -0.3 is 9.64 Å². The van der Waals surface area contributed by atoms with Crippen LogP contribution in [-0.4, -0.2) is 19.2 Å². The van der Waals surface area contributed by atoms with Gasteiger partial charge in [0.2, 0.25) is 0 Å². The molecule has 0 saturated carbocycles. The second-order valence-corrected chi connectivity index (χ2v) is 6.76. The van der Waals surface area contributed by atoms with Crippen LogP contribution < -0.4 is 4.90 Å². The number of hydrogen-bond donors (Lipinski definition) is 0. The Morgan fingerprint density at radius 2 is 1.88 bits per heavy atom. The highest BCUT2D eigenvalue weighted by atomic mass is 79.9. The fourth-order valence-corrected chi connectivity index (χ4v) is 3.52. The van der Waals surface area contributed by atoms with Crippen LogP contribution in [0.2, 0.25) is 0 Å².